The highest BCUT2D eigenvalue weighted by atomic mass is 16.4. The number of ketones is 1. The number of carboxylic acids is 1. The van der Waals surface area contributed by atoms with Gasteiger partial charge in [0.05, 0.1) is 0 Å². The Morgan fingerprint density at radius 1 is 1.20 bits per heavy atom. The fourth-order valence-electron chi connectivity index (χ4n) is 1.32. The molecule has 0 amide bonds. The van der Waals surface area contributed by atoms with Crippen molar-refractivity contribution in [3.05, 3.63) is 41.0 Å². The molecule has 1 aromatic carbocycles. The Kier molecular flexibility index (Phi) is 3.39. The van der Waals surface area contributed by atoms with Crippen molar-refractivity contribution in [2.24, 2.45) is 0 Å². The van der Waals surface area contributed by atoms with E-state index in [1.807, 2.05) is 32.0 Å². The number of carbonyl (C=O) groups excluding carboxylic acids is 1. The zero-order chi connectivity index (χ0) is 11.4. The second-order valence-electron chi connectivity index (χ2n) is 3.31. The molecule has 0 fully saturated rings. The normalized spacial score (nSPS) is 10.5. The number of aryl methyl sites for hydroxylation is 2. The predicted molar refractivity (Wildman–Crippen MR) is 57.6 cm³/mol. The summed E-state index contributed by atoms with van der Waals surface area (Å²) in [4.78, 5) is 21.1. The quantitative estimate of drug-likeness (QED) is 0.605. The molecule has 1 aromatic rings. The van der Waals surface area contributed by atoms with Crippen molar-refractivity contribution in [1.82, 2.24) is 0 Å². The smallest absolute Gasteiger partial charge is 0.376 e. The maximum atomic E-state index is 10.9. The van der Waals surface area contributed by atoms with E-state index < -0.39 is 11.8 Å². The first-order chi connectivity index (χ1) is 7.02. The molecular weight excluding hydrogens is 192 g/mol. The monoisotopic (exact) mass is 204 g/mol. The van der Waals surface area contributed by atoms with Crippen molar-refractivity contribution in [1.29, 1.82) is 0 Å². The fraction of sp³-hybridized carbons (Fsp3) is 0.167. The predicted octanol–water partition coefficient (Wildman–Crippen LogP) is 1.97. The van der Waals surface area contributed by atoms with Crippen LogP contribution in [0, 0.1) is 13.8 Å². The lowest BCUT2D eigenvalue weighted by atomic mass is 10.0. The van der Waals surface area contributed by atoms with Crippen LogP contribution in [0.1, 0.15) is 16.7 Å². The number of carbonyl (C=O) groups is 2. The second-order valence-corrected chi connectivity index (χ2v) is 3.31. The molecule has 0 saturated heterocycles. The number of rotatable bonds is 3. The average molecular weight is 204 g/mol. The van der Waals surface area contributed by atoms with Crippen molar-refractivity contribution in [3.8, 4) is 0 Å². The lowest BCUT2D eigenvalue weighted by Crippen LogP contribution is -2.08. The van der Waals surface area contributed by atoms with E-state index in [0.29, 0.717) is 0 Å². The molecule has 1 rings (SSSR count). The fourth-order valence-corrected chi connectivity index (χ4v) is 1.32. The van der Waals surface area contributed by atoms with Crippen LogP contribution in [0.2, 0.25) is 0 Å². The largest absolute Gasteiger partial charge is 0.475 e. The first-order valence-corrected chi connectivity index (χ1v) is 4.54. The summed E-state index contributed by atoms with van der Waals surface area (Å²) in [6.07, 6.45) is 2.62. The van der Waals surface area contributed by atoms with E-state index >= 15 is 0 Å². The Hall–Kier alpha value is -1.90. The van der Waals surface area contributed by atoms with Crippen molar-refractivity contribution < 1.29 is 14.7 Å². The van der Waals surface area contributed by atoms with Crippen LogP contribution in [0.25, 0.3) is 6.08 Å². The molecule has 0 unspecified atom stereocenters. The highest BCUT2D eigenvalue weighted by Gasteiger charge is 2.06. The van der Waals surface area contributed by atoms with Gasteiger partial charge in [-0.3, -0.25) is 4.79 Å². The summed E-state index contributed by atoms with van der Waals surface area (Å²) >= 11 is 0. The van der Waals surface area contributed by atoms with Crippen LogP contribution in [0.3, 0.4) is 0 Å². The lowest BCUT2D eigenvalue weighted by Gasteiger charge is -2.03. The molecule has 0 aliphatic rings. The SMILES string of the molecule is Cc1cccc(C)c1/C=C/C(=O)C(=O)O. The van der Waals surface area contributed by atoms with Gasteiger partial charge < -0.3 is 5.11 Å². The number of aliphatic carboxylic acids is 1. The van der Waals surface area contributed by atoms with Crippen LogP contribution in [0.4, 0.5) is 0 Å². The first-order valence-electron chi connectivity index (χ1n) is 4.54. The van der Waals surface area contributed by atoms with Gasteiger partial charge in [0.15, 0.2) is 0 Å². The molecule has 1 N–H and O–H groups in total. The highest BCUT2D eigenvalue weighted by molar-refractivity contribution is 6.38. The maximum absolute atomic E-state index is 10.9. The molecule has 0 aliphatic carbocycles. The van der Waals surface area contributed by atoms with Crippen LogP contribution < -0.4 is 0 Å². The molecule has 0 spiro atoms. The van der Waals surface area contributed by atoms with Crippen LogP contribution in [-0.4, -0.2) is 16.9 Å². The summed E-state index contributed by atoms with van der Waals surface area (Å²) < 4.78 is 0. The zero-order valence-electron chi connectivity index (χ0n) is 8.65. The van der Waals surface area contributed by atoms with Gasteiger partial charge in [0.2, 0.25) is 0 Å². The van der Waals surface area contributed by atoms with E-state index in [0.717, 1.165) is 22.8 Å². The van der Waals surface area contributed by atoms with Gasteiger partial charge in [0, 0.05) is 0 Å². The summed E-state index contributed by atoms with van der Waals surface area (Å²) in [5.74, 6) is -2.34. The van der Waals surface area contributed by atoms with Crippen LogP contribution in [0.5, 0.6) is 0 Å². The molecule has 3 heteroatoms. The third kappa shape index (κ3) is 2.77. The van der Waals surface area contributed by atoms with Gasteiger partial charge in [-0.1, -0.05) is 24.3 Å². The molecule has 0 atom stereocenters. The summed E-state index contributed by atoms with van der Waals surface area (Å²) in [7, 11) is 0. The van der Waals surface area contributed by atoms with E-state index in [-0.39, 0.29) is 0 Å². The topological polar surface area (TPSA) is 54.4 Å². The van der Waals surface area contributed by atoms with Crippen LogP contribution in [0.15, 0.2) is 24.3 Å². The summed E-state index contributed by atoms with van der Waals surface area (Å²) in [5.41, 5.74) is 2.93. The second kappa shape index (κ2) is 4.55. The van der Waals surface area contributed by atoms with Gasteiger partial charge in [-0.2, -0.15) is 0 Å². The third-order valence-electron chi connectivity index (χ3n) is 2.15. The minimum absolute atomic E-state index is 0.895. The van der Waals surface area contributed by atoms with E-state index in [4.69, 9.17) is 5.11 Å². The summed E-state index contributed by atoms with van der Waals surface area (Å²) in [6.45, 7) is 3.83. The Balaban J connectivity index is 2.99. The molecule has 0 aliphatic heterocycles. The number of benzene rings is 1. The zero-order valence-corrected chi connectivity index (χ0v) is 8.65. The highest BCUT2D eigenvalue weighted by Crippen LogP contribution is 2.14. The Bertz CT molecular complexity index is 410. The maximum Gasteiger partial charge on any atom is 0.376 e. The van der Waals surface area contributed by atoms with E-state index in [9.17, 15) is 9.59 Å². The third-order valence-corrected chi connectivity index (χ3v) is 2.15. The average Bonchev–Trinajstić information content (AvgIpc) is 2.16. The minimum Gasteiger partial charge on any atom is -0.475 e. The van der Waals surface area contributed by atoms with Gasteiger partial charge in [-0.05, 0) is 36.6 Å². The molecule has 3 nitrogen and oxygen atoms in total. The molecule has 0 bridgehead atoms. The summed E-state index contributed by atoms with van der Waals surface area (Å²) in [5, 5.41) is 8.40. The van der Waals surface area contributed by atoms with Gasteiger partial charge in [-0.15, -0.1) is 0 Å². The Morgan fingerprint density at radius 2 is 1.73 bits per heavy atom. The first kappa shape index (κ1) is 11.2. The van der Waals surface area contributed by atoms with E-state index in [1.54, 1.807) is 6.08 Å². The molecule has 15 heavy (non-hydrogen) atoms. The lowest BCUT2D eigenvalue weighted by molar-refractivity contribution is -0.146. The van der Waals surface area contributed by atoms with E-state index in [2.05, 4.69) is 0 Å². The summed E-state index contributed by atoms with van der Waals surface area (Å²) in [6, 6.07) is 5.75. The van der Waals surface area contributed by atoms with Crippen molar-refractivity contribution in [2.45, 2.75) is 13.8 Å². The van der Waals surface area contributed by atoms with Gasteiger partial charge in [0.1, 0.15) is 0 Å². The molecule has 78 valence electrons. The number of carboxylic acid groups (broad SMARTS) is 1. The molecule has 0 saturated carbocycles. The number of hydrogen-bond acceptors (Lipinski definition) is 2. The Morgan fingerprint density at radius 3 is 2.20 bits per heavy atom. The molecule has 0 aromatic heterocycles. The standard InChI is InChI=1S/C12H12O3/c1-8-4-3-5-9(2)10(8)6-7-11(13)12(14)15/h3-7H,1-2H3,(H,14,15)/b7-6+. The van der Waals surface area contributed by atoms with Gasteiger partial charge >= 0.3 is 5.97 Å². The van der Waals surface area contributed by atoms with Crippen molar-refractivity contribution in [3.63, 3.8) is 0 Å². The van der Waals surface area contributed by atoms with Crippen molar-refractivity contribution >= 4 is 17.8 Å². The van der Waals surface area contributed by atoms with Gasteiger partial charge in [0.25, 0.3) is 5.78 Å². The van der Waals surface area contributed by atoms with Crippen molar-refractivity contribution in [2.75, 3.05) is 0 Å². The molecule has 0 heterocycles. The molecular formula is C12H12O3. The molecule has 0 radical (unpaired) electrons. The Labute approximate surface area is 88.0 Å². The van der Waals surface area contributed by atoms with Crippen LogP contribution >= 0.6 is 0 Å². The van der Waals surface area contributed by atoms with Crippen LogP contribution in [-0.2, 0) is 9.59 Å². The van der Waals surface area contributed by atoms with E-state index in [1.165, 1.54) is 0 Å². The minimum atomic E-state index is -1.43. The van der Waals surface area contributed by atoms with Gasteiger partial charge in [-0.25, -0.2) is 4.79 Å². The number of hydrogen-bond donors (Lipinski definition) is 1.